The summed E-state index contributed by atoms with van der Waals surface area (Å²) in [4.78, 5) is 12.8. The van der Waals surface area contributed by atoms with Gasteiger partial charge < -0.3 is 9.64 Å². The maximum absolute atomic E-state index is 13.3. The van der Waals surface area contributed by atoms with Gasteiger partial charge in [-0.1, -0.05) is 6.07 Å². The van der Waals surface area contributed by atoms with Crippen molar-refractivity contribution < 1.29 is 13.9 Å². The molecule has 0 fully saturated rings. The highest BCUT2D eigenvalue weighted by Gasteiger charge is 2.21. The van der Waals surface area contributed by atoms with Crippen LogP contribution in [0.3, 0.4) is 0 Å². The van der Waals surface area contributed by atoms with Crippen LogP contribution in [0.4, 0.5) is 10.1 Å². The maximum Gasteiger partial charge on any atom is 0.230 e. The van der Waals surface area contributed by atoms with E-state index in [2.05, 4.69) is 0 Å². The maximum atomic E-state index is 13.3. The Balaban J connectivity index is 2.53. The third kappa shape index (κ3) is 1.32. The molecular weight excluding hydrogens is 185 g/mol. The number of carbonyl (C=O) groups excluding carboxylic acids is 1. The largest absolute Gasteiger partial charge is 0.488 e. The van der Waals surface area contributed by atoms with E-state index >= 15 is 0 Å². The van der Waals surface area contributed by atoms with Crippen molar-refractivity contribution in [2.45, 2.75) is 6.42 Å². The third-order valence-electron chi connectivity index (χ3n) is 2.24. The van der Waals surface area contributed by atoms with Gasteiger partial charge in [0.2, 0.25) is 5.91 Å². The van der Waals surface area contributed by atoms with E-state index in [1.807, 2.05) is 0 Å². The fourth-order valence-corrected chi connectivity index (χ4v) is 1.45. The quantitative estimate of drug-likeness (QED) is 0.628. The number of benzene rings is 1. The summed E-state index contributed by atoms with van der Waals surface area (Å²) in [5.74, 6) is -0.320. The molecule has 1 amide bonds. The number of para-hydroxylation sites is 1. The lowest BCUT2D eigenvalue weighted by Gasteiger charge is -2.15. The Kier molecular flexibility index (Phi) is 2.11. The van der Waals surface area contributed by atoms with E-state index in [9.17, 15) is 9.18 Å². The average Bonchev–Trinajstić information content (AvgIpc) is 2.31. The van der Waals surface area contributed by atoms with Crippen molar-refractivity contribution in [1.82, 2.24) is 0 Å². The Morgan fingerprint density at radius 3 is 3.07 bits per heavy atom. The number of rotatable bonds is 0. The highest BCUT2D eigenvalue weighted by atomic mass is 19.1. The first-order chi connectivity index (χ1) is 6.70. The number of carbonyl (C=O) groups is 1. The third-order valence-corrected chi connectivity index (χ3v) is 2.24. The molecule has 1 heterocycles. The Morgan fingerprint density at radius 1 is 1.50 bits per heavy atom. The van der Waals surface area contributed by atoms with Crippen LogP contribution in [0.1, 0.15) is 6.42 Å². The monoisotopic (exact) mass is 195 g/mol. The van der Waals surface area contributed by atoms with Gasteiger partial charge in [0.1, 0.15) is 0 Å². The van der Waals surface area contributed by atoms with Gasteiger partial charge in [-0.15, -0.1) is 0 Å². The fourth-order valence-electron chi connectivity index (χ4n) is 1.45. The molecule has 0 radical (unpaired) electrons. The molecule has 4 heteroatoms. The normalized spacial score (nSPS) is 15.9. The van der Waals surface area contributed by atoms with Crippen LogP contribution in [-0.4, -0.2) is 19.6 Å². The molecule has 74 valence electrons. The number of hydrogen-bond donors (Lipinski definition) is 0. The van der Waals surface area contributed by atoms with Crippen molar-refractivity contribution in [3.05, 3.63) is 24.0 Å². The molecule has 0 aliphatic carbocycles. The first-order valence-electron chi connectivity index (χ1n) is 4.38. The predicted molar refractivity (Wildman–Crippen MR) is 49.9 cm³/mol. The van der Waals surface area contributed by atoms with Crippen molar-refractivity contribution in [3.63, 3.8) is 0 Å². The zero-order valence-corrected chi connectivity index (χ0v) is 7.79. The van der Waals surface area contributed by atoms with Crippen LogP contribution in [0.2, 0.25) is 0 Å². The summed E-state index contributed by atoms with van der Waals surface area (Å²) < 4.78 is 18.5. The molecule has 0 spiro atoms. The van der Waals surface area contributed by atoms with Gasteiger partial charge in [0.25, 0.3) is 0 Å². The van der Waals surface area contributed by atoms with Crippen LogP contribution in [0.15, 0.2) is 18.2 Å². The van der Waals surface area contributed by atoms with Gasteiger partial charge in [-0.3, -0.25) is 4.79 Å². The van der Waals surface area contributed by atoms with Gasteiger partial charge in [0.05, 0.1) is 18.7 Å². The molecule has 0 aromatic heterocycles. The van der Waals surface area contributed by atoms with Crippen LogP contribution in [0.5, 0.6) is 5.75 Å². The molecule has 1 aliphatic heterocycles. The van der Waals surface area contributed by atoms with Crippen molar-refractivity contribution >= 4 is 11.6 Å². The van der Waals surface area contributed by atoms with Crippen molar-refractivity contribution in [1.29, 1.82) is 0 Å². The average molecular weight is 195 g/mol. The number of fused-ring (bicyclic) bond motifs is 1. The SMILES string of the molecule is CN1C(=O)CCOc2c(F)cccc21. The highest BCUT2D eigenvalue weighted by molar-refractivity contribution is 5.95. The van der Waals surface area contributed by atoms with E-state index in [0.717, 1.165) is 0 Å². The number of hydrogen-bond acceptors (Lipinski definition) is 2. The van der Waals surface area contributed by atoms with Crippen molar-refractivity contribution in [2.24, 2.45) is 0 Å². The summed E-state index contributed by atoms with van der Waals surface area (Å²) in [5.41, 5.74) is 0.493. The van der Waals surface area contributed by atoms with Gasteiger partial charge in [-0.25, -0.2) is 4.39 Å². The lowest BCUT2D eigenvalue weighted by atomic mass is 10.2. The lowest BCUT2D eigenvalue weighted by molar-refractivity contribution is -0.118. The summed E-state index contributed by atoms with van der Waals surface area (Å²) in [6, 6.07) is 4.55. The number of anilines is 1. The zero-order valence-electron chi connectivity index (χ0n) is 7.79. The van der Waals surface area contributed by atoms with Gasteiger partial charge in [-0.05, 0) is 12.1 Å². The Bertz CT molecular complexity index is 378. The van der Waals surface area contributed by atoms with E-state index in [4.69, 9.17) is 4.74 Å². The summed E-state index contributed by atoms with van der Waals surface area (Å²) in [5, 5.41) is 0. The van der Waals surface area contributed by atoms with Crippen LogP contribution in [-0.2, 0) is 4.79 Å². The molecule has 1 aromatic rings. The summed E-state index contributed by atoms with van der Waals surface area (Å²) in [6.45, 7) is 0.233. The molecule has 3 nitrogen and oxygen atoms in total. The topological polar surface area (TPSA) is 29.5 Å². The summed E-state index contributed by atoms with van der Waals surface area (Å²) in [7, 11) is 1.62. The van der Waals surface area contributed by atoms with E-state index in [0.29, 0.717) is 5.69 Å². The first kappa shape index (κ1) is 8.99. The molecule has 0 unspecified atom stereocenters. The minimum atomic E-state index is -0.427. The van der Waals surface area contributed by atoms with E-state index in [-0.39, 0.29) is 24.7 Å². The molecule has 0 saturated carbocycles. The minimum absolute atomic E-state index is 0.0608. The molecule has 1 aromatic carbocycles. The highest BCUT2D eigenvalue weighted by Crippen LogP contribution is 2.32. The second kappa shape index (κ2) is 3.29. The standard InChI is InChI=1S/C10H10FNO2/c1-12-8-4-2-3-7(11)10(8)14-6-5-9(12)13/h2-4H,5-6H2,1H3. The summed E-state index contributed by atoms with van der Waals surface area (Å²) >= 11 is 0. The van der Waals surface area contributed by atoms with Crippen LogP contribution in [0, 0.1) is 5.82 Å². The van der Waals surface area contributed by atoms with Crippen molar-refractivity contribution in [3.8, 4) is 5.75 Å². The second-order valence-corrected chi connectivity index (χ2v) is 3.14. The van der Waals surface area contributed by atoms with E-state index < -0.39 is 5.82 Å². The summed E-state index contributed by atoms with van der Waals surface area (Å²) in [6.07, 6.45) is 0.282. The molecule has 0 atom stereocenters. The first-order valence-corrected chi connectivity index (χ1v) is 4.38. The number of ether oxygens (including phenoxy) is 1. The Hall–Kier alpha value is -1.58. The zero-order chi connectivity index (χ0) is 10.1. The van der Waals surface area contributed by atoms with Gasteiger partial charge in [0, 0.05) is 7.05 Å². The molecular formula is C10H10FNO2. The van der Waals surface area contributed by atoms with E-state index in [1.54, 1.807) is 19.2 Å². The van der Waals surface area contributed by atoms with Crippen LogP contribution in [0.25, 0.3) is 0 Å². The molecule has 0 N–H and O–H groups in total. The predicted octanol–water partition coefficient (Wildman–Crippen LogP) is 1.57. The van der Waals surface area contributed by atoms with Crippen LogP contribution < -0.4 is 9.64 Å². The smallest absolute Gasteiger partial charge is 0.230 e. The minimum Gasteiger partial charge on any atom is -0.488 e. The van der Waals surface area contributed by atoms with Crippen LogP contribution >= 0.6 is 0 Å². The number of amides is 1. The van der Waals surface area contributed by atoms with Gasteiger partial charge in [-0.2, -0.15) is 0 Å². The van der Waals surface area contributed by atoms with E-state index in [1.165, 1.54) is 11.0 Å². The molecule has 0 saturated heterocycles. The van der Waals surface area contributed by atoms with Gasteiger partial charge >= 0.3 is 0 Å². The molecule has 1 aliphatic rings. The Labute approximate surface area is 81.1 Å². The Morgan fingerprint density at radius 2 is 2.29 bits per heavy atom. The molecule has 0 bridgehead atoms. The molecule has 2 rings (SSSR count). The second-order valence-electron chi connectivity index (χ2n) is 3.14. The molecule has 14 heavy (non-hydrogen) atoms. The van der Waals surface area contributed by atoms with Gasteiger partial charge in [0.15, 0.2) is 11.6 Å². The number of halogens is 1. The number of nitrogens with zero attached hydrogens (tertiary/aromatic N) is 1. The van der Waals surface area contributed by atoms with Crippen molar-refractivity contribution in [2.75, 3.05) is 18.6 Å². The lowest BCUT2D eigenvalue weighted by Crippen LogP contribution is -2.25. The fraction of sp³-hybridized carbons (Fsp3) is 0.300.